The summed E-state index contributed by atoms with van der Waals surface area (Å²) in [5.74, 6) is 0.248. The van der Waals surface area contributed by atoms with Crippen molar-refractivity contribution < 1.29 is 24.2 Å². The molecule has 2 atom stereocenters. The Balaban J connectivity index is 1.52. The predicted octanol–water partition coefficient (Wildman–Crippen LogP) is 5.96. The van der Waals surface area contributed by atoms with Crippen LogP contribution < -0.4 is 15.4 Å². The number of nitrogens with zero attached hydrogens (tertiary/aromatic N) is 2. The third kappa shape index (κ3) is 5.68. The van der Waals surface area contributed by atoms with Gasteiger partial charge in [0.1, 0.15) is 5.75 Å². The van der Waals surface area contributed by atoms with E-state index in [0.29, 0.717) is 37.2 Å². The van der Waals surface area contributed by atoms with Gasteiger partial charge in [-0.15, -0.1) is 0 Å². The van der Waals surface area contributed by atoms with Crippen LogP contribution in [0, 0.1) is 5.92 Å². The molecule has 3 amide bonds. The number of aromatic nitrogens is 1. The van der Waals surface area contributed by atoms with E-state index in [-0.39, 0.29) is 23.8 Å². The summed E-state index contributed by atoms with van der Waals surface area (Å²) in [6.45, 7) is 2.41. The first kappa shape index (κ1) is 26.9. The highest BCUT2D eigenvalue weighted by molar-refractivity contribution is 5.99. The zero-order valence-corrected chi connectivity index (χ0v) is 22.5. The average Bonchev–Trinajstić information content (AvgIpc) is 2.95. The molecule has 9 nitrogen and oxygen atoms in total. The highest BCUT2D eigenvalue weighted by atomic mass is 16.5. The second-order valence-corrected chi connectivity index (χ2v) is 10.1. The van der Waals surface area contributed by atoms with Crippen molar-refractivity contribution in [3.63, 3.8) is 0 Å². The van der Waals surface area contributed by atoms with Gasteiger partial charge in [-0.1, -0.05) is 37.6 Å². The topological polar surface area (TPSA) is 121 Å². The molecule has 3 heterocycles. The van der Waals surface area contributed by atoms with Crippen LogP contribution in [0.25, 0.3) is 16.7 Å². The van der Waals surface area contributed by atoms with Gasteiger partial charge >= 0.3 is 6.09 Å². The van der Waals surface area contributed by atoms with Gasteiger partial charge in [0.15, 0.2) is 0 Å². The van der Waals surface area contributed by atoms with Crippen molar-refractivity contribution in [2.24, 2.45) is 5.92 Å². The Labute approximate surface area is 232 Å². The summed E-state index contributed by atoms with van der Waals surface area (Å²) < 4.78 is 5.52. The Morgan fingerprint density at radius 3 is 2.70 bits per heavy atom. The molecule has 40 heavy (non-hydrogen) atoms. The maximum atomic E-state index is 13.5. The molecule has 2 aliphatic rings. The molecule has 0 aliphatic carbocycles. The van der Waals surface area contributed by atoms with Gasteiger partial charge in [0.2, 0.25) is 11.8 Å². The fourth-order valence-corrected chi connectivity index (χ4v) is 5.45. The largest absolute Gasteiger partial charge is 0.496 e. The minimum atomic E-state index is -1.18. The molecule has 0 saturated heterocycles. The van der Waals surface area contributed by atoms with Crippen LogP contribution in [-0.2, 0) is 9.59 Å². The molecule has 3 N–H and O–H groups in total. The maximum Gasteiger partial charge on any atom is 0.409 e. The van der Waals surface area contributed by atoms with Crippen molar-refractivity contribution in [2.45, 2.75) is 38.6 Å². The van der Waals surface area contributed by atoms with Gasteiger partial charge in [-0.25, -0.2) is 4.79 Å². The third-order valence-corrected chi connectivity index (χ3v) is 7.56. The number of hydrogen-bond donors (Lipinski definition) is 3. The number of amides is 3. The van der Waals surface area contributed by atoms with Gasteiger partial charge in [0, 0.05) is 41.5 Å². The van der Waals surface area contributed by atoms with Gasteiger partial charge in [0.05, 0.1) is 24.5 Å². The van der Waals surface area contributed by atoms with E-state index < -0.39 is 6.09 Å². The van der Waals surface area contributed by atoms with Crippen LogP contribution in [0.1, 0.15) is 49.9 Å². The second-order valence-electron chi connectivity index (χ2n) is 10.1. The van der Waals surface area contributed by atoms with Crippen molar-refractivity contribution in [2.75, 3.05) is 24.3 Å². The lowest BCUT2D eigenvalue weighted by atomic mass is 9.92. The number of benzene rings is 2. The van der Waals surface area contributed by atoms with Crippen LogP contribution >= 0.6 is 0 Å². The van der Waals surface area contributed by atoms with Crippen molar-refractivity contribution in [3.8, 4) is 16.9 Å². The fraction of sp³-hybridized carbons (Fsp3) is 0.290. The molecule has 2 aromatic carbocycles. The molecule has 9 heteroatoms. The molecule has 5 rings (SSSR count). The molecule has 0 spiro atoms. The Kier molecular flexibility index (Phi) is 7.82. The minimum Gasteiger partial charge on any atom is -0.496 e. The summed E-state index contributed by atoms with van der Waals surface area (Å²) in [6, 6.07) is 16.3. The Morgan fingerprint density at radius 2 is 1.93 bits per heavy atom. The Morgan fingerprint density at radius 1 is 1.10 bits per heavy atom. The lowest BCUT2D eigenvalue weighted by Gasteiger charge is -2.34. The zero-order chi connectivity index (χ0) is 28.2. The van der Waals surface area contributed by atoms with Crippen LogP contribution in [0.15, 0.2) is 66.9 Å². The molecule has 2 aliphatic heterocycles. The molecule has 0 fully saturated rings. The van der Waals surface area contributed by atoms with Crippen molar-refractivity contribution in [1.82, 2.24) is 9.88 Å². The summed E-state index contributed by atoms with van der Waals surface area (Å²) in [5.41, 5.74) is 5.06. The fourth-order valence-electron chi connectivity index (χ4n) is 5.45. The summed E-state index contributed by atoms with van der Waals surface area (Å²) in [4.78, 5) is 44.4. The summed E-state index contributed by atoms with van der Waals surface area (Å²) in [6.07, 6.45) is 4.95. The van der Waals surface area contributed by atoms with E-state index in [1.165, 1.54) is 0 Å². The predicted molar refractivity (Wildman–Crippen MR) is 153 cm³/mol. The van der Waals surface area contributed by atoms with Gasteiger partial charge in [0.25, 0.3) is 0 Å². The monoisotopic (exact) mass is 540 g/mol. The molecule has 1 aromatic heterocycles. The number of nitrogens with one attached hydrogen (secondary N) is 2. The number of anilines is 2. The van der Waals surface area contributed by atoms with Gasteiger partial charge in [-0.3, -0.25) is 19.9 Å². The smallest absolute Gasteiger partial charge is 0.409 e. The lowest BCUT2D eigenvalue weighted by Crippen LogP contribution is -2.38. The van der Waals surface area contributed by atoms with E-state index in [9.17, 15) is 14.4 Å². The molecule has 206 valence electrons. The first-order valence-corrected chi connectivity index (χ1v) is 13.4. The highest BCUT2D eigenvalue weighted by Gasteiger charge is 2.30. The number of carboxylic acid groups (broad SMARTS) is 1. The first-order chi connectivity index (χ1) is 19.3. The van der Waals surface area contributed by atoms with Crippen LogP contribution in [0.5, 0.6) is 5.75 Å². The van der Waals surface area contributed by atoms with E-state index in [4.69, 9.17) is 9.84 Å². The Bertz CT molecular complexity index is 1480. The van der Waals surface area contributed by atoms with E-state index in [0.717, 1.165) is 40.1 Å². The first-order valence-electron chi connectivity index (χ1n) is 13.4. The van der Waals surface area contributed by atoms with Crippen LogP contribution in [-0.4, -0.2) is 46.6 Å². The number of para-hydroxylation sites is 1. The summed E-state index contributed by atoms with van der Waals surface area (Å²) >= 11 is 0. The second kappa shape index (κ2) is 11.6. The van der Waals surface area contributed by atoms with Crippen molar-refractivity contribution in [3.05, 3.63) is 78.1 Å². The van der Waals surface area contributed by atoms with Crippen LogP contribution in [0.4, 0.5) is 16.2 Å². The standard InChI is InChI=1S/C31H32N4O5/c1-19-6-5-8-27(35-15-13-21(17-29(35)36)24-7-3-4-9-28(24)40-2)26-16-20(12-14-32-26)23-11-10-22(33-31(38)39)18-25(23)34-30(19)37/h3-4,7,9-12,14,16-19,27,33H,5-6,8,13,15H2,1-2H3,(H,34,37)(H,38,39)/t19-,27+/m1/s1. The quantitative estimate of drug-likeness (QED) is 0.375. The number of ether oxygens (including phenoxy) is 1. The Hall–Kier alpha value is -4.66. The van der Waals surface area contributed by atoms with Crippen molar-refractivity contribution in [1.29, 1.82) is 0 Å². The molecular formula is C31H32N4O5. The van der Waals surface area contributed by atoms with Crippen LogP contribution in [0.3, 0.4) is 0 Å². The molecule has 2 bridgehead atoms. The normalized spacial score (nSPS) is 19.4. The van der Waals surface area contributed by atoms with Gasteiger partial charge in [-0.05, 0) is 60.7 Å². The number of methoxy groups -OCH3 is 1. The van der Waals surface area contributed by atoms with Gasteiger partial charge in [-0.2, -0.15) is 0 Å². The SMILES string of the molecule is COc1ccccc1C1=CC(=O)N([C@H]2CCC[C@@H](C)C(=O)Nc3cc(NC(=O)O)ccc3-c3ccnc2c3)CC1. The minimum absolute atomic E-state index is 0.0768. The van der Waals surface area contributed by atoms with Gasteiger partial charge < -0.3 is 20.1 Å². The number of pyridine rings is 1. The van der Waals surface area contributed by atoms with Crippen molar-refractivity contribution >= 4 is 34.9 Å². The van der Waals surface area contributed by atoms with Crippen LogP contribution in [0.2, 0.25) is 0 Å². The summed E-state index contributed by atoms with van der Waals surface area (Å²) in [7, 11) is 1.63. The number of carbonyl (C=O) groups is 3. The molecule has 3 aromatic rings. The maximum absolute atomic E-state index is 13.5. The van der Waals surface area contributed by atoms with E-state index >= 15 is 0 Å². The zero-order valence-electron chi connectivity index (χ0n) is 22.5. The van der Waals surface area contributed by atoms with E-state index in [1.807, 2.05) is 48.2 Å². The highest BCUT2D eigenvalue weighted by Crippen LogP contribution is 2.37. The molecule has 0 unspecified atom stereocenters. The number of hydrogen-bond acceptors (Lipinski definition) is 5. The molecular weight excluding hydrogens is 508 g/mol. The average molecular weight is 541 g/mol. The molecule has 0 radical (unpaired) electrons. The third-order valence-electron chi connectivity index (χ3n) is 7.56. The van der Waals surface area contributed by atoms with E-state index in [1.54, 1.807) is 37.6 Å². The number of carbonyl (C=O) groups excluding carboxylic acids is 2. The summed E-state index contributed by atoms with van der Waals surface area (Å²) in [5, 5.41) is 14.5. The van der Waals surface area contributed by atoms with E-state index in [2.05, 4.69) is 15.6 Å². The lowest BCUT2D eigenvalue weighted by molar-refractivity contribution is -0.129. The number of rotatable bonds is 4. The number of fused-ring (bicyclic) bond motifs is 4. The molecule has 0 saturated carbocycles.